The first kappa shape index (κ1) is 20.8. The fraction of sp³-hybridized carbons (Fsp3) is 0.435. The second kappa shape index (κ2) is 8.64. The molecule has 0 unspecified atom stereocenters. The smallest absolute Gasteiger partial charge is 0.340 e. The number of rotatable bonds is 5. The first-order valence-electron chi connectivity index (χ1n) is 10.2. The lowest BCUT2D eigenvalue weighted by atomic mass is 9.96. The van der Waals surface area contributed by atoms with Crippen LogP contribution in [0, 0.1) is 13.8 Å². The van der Waals surface area contributed by atoms with Gasteiger partial charge in [0.2, 0.25) is 0 Å². The third kappa shape index (κ3) is 4.11. The number of carbonyl (C=O) groups is 3. The highest BCUT2D eigenvalue weighted by molar-refractivity contribution is 6.43. The highest BCUT2D eigenvalue weighted by Crippen LogP contribution is 2.32. The minimum absolute atomic E-state index is 0.0311. The summed E-state index contributed by atoms with van der Waals surface area (Å²) in [6, 6.07) is 7.56. The lowest BCUT2D eigenvalue weighted by molar-refractivity contribution is -0.129. The zero-order chi connectivity index (χ0) is 21.1. The van der Waals surface area contributed by atoms with Crippen molar-refractivity contribution in [2.45, 2.75) is 53.0 Å². The summed E-state index contributed by atoms with van der Waals surface area (Å²) in [5.41, 5.74) is 3.16. The Kier molecular flexibility index (Phi) is 6.20. The van der Waals surface area contributed by atoms with Crippen molar-refractivity contribution >= 4 is 17.7 Å². The first-order chi connectivity index (χ1) is 13.8. The fourth-order valence-corrected chi connectivity index (χ4v) is 3.90. The van der Waals surface area contributed by atoms with Gasteiger partial charge < -0.3 is 14.6 Å². The summed E-state index contributed by atoms with van der Waals surface area (Å²) in [5.74, 6) is -1.65. The molecule has 1 aliphatic heterocycles. The van der Waals surface area contributed by atoms with E-state index in [2.05, 4.69) is 4.98 Å². The molecular weight excluding hydrogens is 368 g/mol. The Bertz CT molecular complexity index is 927. The molecule has 1 aliphatic rings. The number of amides is 1. The van der Waals surface area contributed by atoms with Gasteiger partial charge in [-0.2, -0.15) is 0 Å². The predicted octanol–water partition coefficient (Wildman–Crippen LogP) is 4.06. The highest BCUT2D eigenvalue weighted by Gasteiger charge is 2.34. The SMILES string of the molecule is CCOC(=O)c1c(C)[nH]c(C(=O)C(=O)N2CCCC[C@@H]2C)c1-c1ccc(C)cc1. The summed E-state index contributed by atoms with van der Waals surface area (Å²) in [4.78, 5) is 43.5. The molecule has 1 aromatic heterocycles. The summed E-state index contributed by atoms with van der Waals surface area (Å²) in [5, 5.41) is 0. The van der Waals surface area contributed by atoms with Crippen LogP contribution in [0.4, 0.5) is 0 Å². The van der Waals surface area contributed by atoms with Crippen LogP contribution in [0.15, 0.2) is 24.3 Å². The van der Waals surface area contributed by atoms with Crippen LogP contribution >= 0.6 is 0 Å². The number of piperidine rings is 1. The molecule has 0 radical (unpaired) electrons. The molecule has 0 bridgehead atoms. The predicted molar refractivity (Wildman–Crippen MR) is 111 cm³/mol. The van der Waals surface area contributed by atoms with E-state index in [9.17, 15) is 14.4 Å². The number of aromatic nitrogens is 1. The molecule has 29 heavy (non-hydrogen) atoms. The van der Waals surface area contributed by atoms with Crippen LogP contribution in [0.2, 0.25) is 0 Å². The molecule has 0 aliphatic carbocycles. The third-order valence-electron chi connectivity index (χ3n) is 5.49. The molecule has 1 N–H and O–H groups in total. The number of aryl methyl sites for hydroxylation is 2. The second-order valence-electron chi connectivity index (χ2n) is 7.63. The van der Waals surface area contributed by atoms with Crippen LogP contribution in [0.3, 0.4) is 0 Å². The average Bonchev–Trinajstić information content (AvgIpc) is 3.05. The minimum atomic E-state index is -0.618. The van der Waals surface area contributed by atoms with Crippen LogP contribution in [-0.4, -0.2) is 46.7 Å². The largest absolute Gasteiger partial charge is 0.462 e. The van der Waals surface area contributed by atoms with E-state index < -0.39 is 17.7 Å². The molecule has 2 heterocycles. The number of H-pyrrole nitrogens is 1. The van der Waals surface area contributed by atoms with Crippen LogP contribution in [0.5, 0.6) is 0 Å². The van der Waals surface area contributed by atoms with E-state index in [-0.39, 0.29) is 18.3 Å². The van der Waals surface area contributed by atoms with Crippen molar-refractivity contribution < 1.29 is 19.1 Å². The van der Waals surface area contributed by atoms with Gasteiger partial charge in [-0.1, -0.05) is 29.8 Å². The Morgan fingerprint density at radius 1 is 1.14 bits per heavy atom. The lowest BCUT2D eigenvalue weighted by Gasteiger charge is -2.32. The lowest BCUT2D eigenvalue weighted by Crippen LogP contribution is -2.45. The maximum atomic E-state index is 13.2. The molecular formula is C23H28N2O4. The molecule has 6 heteroatoms. The van der Waals surface area contributed by atoms with Gasteiger partial charge in [-0.15, -0.1) is 0 Å². The van der Waals surface area contributed by atoms with E-state index >= 15 is 0 Å². The molecule has 1 atom stereocenters. The van der Waals surface area contributed by atoms with Crippen molar-refractivity contribution in [3.8, 4) is 11.1 Å². The van der Waals surface area contributed by atoms with Gasteiger partial charge >= 0.3 is 5.97 Å². The number of Topliss-reactive ketones (excluding diaryl/α,β-unsaturated/α-hetero) is 1. The molecule has 1 amide bonds. The summed E-state index contributed by atoms with van der Waals surface area (Å²) in [6.07, 6.45) is 2.84. The van der Waals surface area contributed by atoms with Gasteiger partial charge in [0.15, 0.2) is 0 Å². The molecule has 3 rings (SSSR count). The topological polar surface area (TPSA) is 79.5 Å². The highest BCUT2D eigenvalue weighted by atomic mass is 16.5. The van der Waals surface area contributed by atoms with Crippen LogP contribution in [0.25, 0.3) is 11.1 Å². The zero-order valence-electron chi connectivity index (χ0n) is 17.5. The Hall–Kier alpha value is -2.89. The van der Waals surface area contributed by atoms with E-state index in [4.69, 9.17) is 4.74 Å². The maximum Gasteiger partial charge on any atom is 0.340 e. The van der Waals surface area contributed by atoms with E-state index in [1.165, 1.54) is 0 Å². The second-order valence-corrected chi connectivity index (χ2v) is 7.63. The summed E-state index contributed by atoms with van der Waals surface area (Å²) < 4.78 is 5.22. The van der Waals surface area contributed by atoms with Gasteiger partial charge in [0, 0.05) is 23.8 Å². The summed E-state index contributed by atoms with van der Waals surface area (Å²) in [6.45, 7) is 8.19. The molecule has 0 saturated carbocycles. The van der Waals surface area contributed by atoms with Crippen molar-refractivity contribution in [1.29, 1.82) is 0 Å². The Morgan fingerprint density at radius 3 is 2.45 bits per heavy atom. The van der Waals surface area contributed by atoms with E-state index in [0.29, 0.717) is 28.9 Å². The molecule has 154 valence electrons. The summed E-state index contributed by atoms with van der Waals surface area (Å²) >= 11 is 0. The Morgan fingerprint density at radius 2 is 1.83 bits per heavy atom. The molecule has 2 aromatic rings. The van der Waals surface area contributed by atoms with Gasteiger partial charge in [-0.3, -0.25) is 9.59 Å². The number of benzene rings is 1. The van der Waals surface area contributed by atoms with Gasteiger partial charge in [0.25, 0.3) is 11.7 Å². The Balaban J connectivity index is 2.09. The van der Waals surface area contributed by atoms with Gasteiger partial charge in [-0.05, 0) is 52.5 Å². The number of nitrogens with one attached hydrogen (secondary N) is 1. The van der Waals surface area contributed by atoms with Crippen molar-refractivity contribution in [3.63, 3.8) is 0 Å². The number of esters is 1. The molecule has 6 nitrogen and oxygen atoms in total. The van der Waals surface area contributed by atoms with Gasteiger partial charge in [0.1, 0.15) is 5.69 Å². The first-order valence-corrected chi connectivity index (χ1v) is 10.2. The fourth-order valence-electron chi connectivity index (χ4n) is 3.90. The molecule has 1 saturated heterocycles. The molecule has 0 spiro atoms. The number of ketones is 1. The van der Waals surface area contributed by atoms with Gasteiger partial charge in [0.05, 0.1) is 12.2 Å². The van der Waals surface area contributed by atoms with Crippen molar-refractivity contribution in [2.75, 3.05) is 13.2 Å². The number of ether oxygens (including phenoxy) is 1. The van der Waals surface area contributed by atoms with Crippen molar-refractivity contribution in [1.82, 2.24) is 9.88 Å². The number of likely N-dealkylation sites (tertiary alicyclic amines) is 1. The monoisotopic (exact) mass is 396 g/mol. The third-order valence-corrected chi connectivity index (χ3v) is 5.49. The van der Waals surface area contributed by atoms with E-state index in [1.54, 1.807) is 18.7 Å². The zero-order valence-corrected chi connectivity index (χ0v) is 17.5. The van der Waals surface area contributed by atoms with E-state index in [0.717, 1.165) is 24.8 Å². The minimum Gasteiger partial charge on any atom is -0.462 e. The number of hydrogen-bond acceptors (Lipinski definition) is 4. The van der Waals surface area contributed by atoms with Crippen molar-refractivity contribution in [2.24, 2.45) is 0 Å². The number of aromatic amines is 1. The molecule has 1 fully saturated rings. The quantitative estimate of drug-likeness (QED) is 0.470. The molecule has 1 aromatic carbocycles. The van der Waals surface area contributed by atoms with Crippen LogP contribution in [-0.2, 0) is 9.53 Å². The standard InChI is InChI=1S/C23H28N2O4/c1-5-29-23(28)18-16(4)24-20(19(18)17-11-9-14(2)10-12-17)21(26)22(27)25-13-7-6-8-15(25)3/h9-12,15,24H,5-8,13H2,1-4H3/t15-/m0/s1. The van der Waals surface area contributed by atoms with Gasteiger partial charge in [-0.25, -0.2) is 4.79 Å². The number of hydrogen-bond donors (Lipinski definition) is 1. The van der Waals surface area contributed by atoms with Crippen molar-refractivity contribution in [3.05, 3.63) is 46.8 Å². The number of nitrogens with zero attached hydrogens (tertiary/aromatic N) is 1. The summed E-state index contributed by atoms with van der Waals surface area (Å²) in [7, 11) is 0. The van der Waals surface area contributed by atoms with Crippen LogP contribution in [0.1, 0.15) is 65.2 Å². The Labute approximate surface area is 171 Å². The normalized spacial score (nSPS) is 16.6. The maximum absolute atomic E-state index is 13.2. The van der Waals surface area contributed by atoms with E-state index in [1.807, 2.05) is 38.1 Å². The number of carbonyl (C=O) groups excluding carboxylic acids is 3. The van der Waals surface area contributed by atoms with Crippen LogP contribution < -0.4 is 0 Å². The average molecular weight is 396 g/mol.